The van der Waals surface area contributed by atoms with Gasteiger partial charge in [-0.25, -0.2) is 8.42 Å². The standard InChI is InChI=1S/C23H25BrN2O5S/c1-4-5-10-20-25-22(27)21(32(29,30)17-13-11-16(24)12-14-17)23(28)26(20)15(2)18-8-6-7-9-19(18)31-3/h6-9,11-15,27H,4-5,10H2,1-3H3/t15-/m0/s1. The zero-order valence-electron chi connectivity index (χ0n) is 18.1. The lowest BCUT2D eigenvalue weighted by molar-refractivity contribution is 0.394. The molecular weight excluding hydrogens is 496 g/mol. The molecule has 1 heterocycles. The van der Waals surface area contributed by atoms with Gasteiger partial charge in [0, 0.05) is 16.5 Å². The number of hydrogen-bond donors (Lipinski definition) is 1. The lowest BCUT2D eigenvalue weighted by atomic mass is 10.1. The summed E-state index contributed by atoms with van der Waals surface area (Å²) in [5.74, 6) is 0.105. The first-order valence-corrected chi connectivity index (χ1v) is 12.5. The van der Waals surface area contributed by atoms with E-state index in [9.17, 15) is 18.3 Å². The molecule has 2 aromatic carbocycles. The van der Waals surface area contributed by atoms with Crippen molar-refractivity contribution in [2.24, 2.45) is 0 Å². The molecule has 0 aliphatic rings. The Morgan fingerprint density at radius 2 is 1.81 bits per heavy atom. The first-order valence-electron chi connectivity index (χ1n) is 10.2. The zero-order chi connectivity index (χ0) is 23.5. The molecule has 1 aromatic heterocycles. The number of sulfone groups is 1. The number of methoxy groups -OCH3 is 1. The van der Waals surface area contributed by atoms with Gasteiger partial charge < -0.3 is 9.84 Å². The van der Waals surface area contributed by atoms with Crippen LogP contribution < -0.4 is 10.3 Å². The maximum atomic E-state index is 13.6. The predicted octanol–water partition coefficient (Wildman–Crippen LogP) is 4.50. The van der Waals surface area contributed by atoms with Crippen molar-refractivity contribution >= 4 is 25.8 Å². The topological polar surface area (TPSA) is 98.5 Å². The summed E-state index contributed by atoms with van der Waals surface area (Å²) in [6.45, 7) is 3.78. The van der Waals surface area contributed by atoms with E-state index in [2.05, 4.69) is 20.9 Å². The van der Waals surface area contributed by atoms with Crippen molar-refractivity contribution in [3.8, 4) is 11.6 Å². The third-order valence-corrected chi connectivity index (χ3v) is 7.57. The SMILES string of the molecule is CCCCc1nc(O)c(S(=O)(=O)c2ccc(Br)cc2)c(=O)n1[C@@H](C)c1ccccc1OC. The fourth-order valence-electron chi connectivity index (χ4n) is 3.58. The molecule has 1 atom stereocenters. The molecule has 0 saturated carbocycles. The molecular formula is C23H25BrN2O5S. The number of aromatic hydroxyl groups is 1. The summed E-state index contributed by atoms with van der Waals surface area (Å²) in [4.78, 5) is 16.9. The summed E-state index contributed by atoms with van der Waals surface area (Å²) in [6.07, 6.45) is 1.99. The maximum absolute atomic E-state index is 13.6. The van der Waals surface area contributed by atoms with Gasteiger partial charge in [-0.1, -0.05) is 47.5 Å². The molecule has 3 rings (SSSR count). The number of hydrogen-bond acceptors (Lipinski definition) is 6. The molecule has 0 unspecified atom stereocenters. The normalized spacial score (nSPS) is 12.5. The summed E-state index contributed by atoms with van der Waals surface area (Å²) in [5.41, 5.74) is -0.112. The van der Waals surface area contributed by atoms with Gasteiger partial charge in [0.1, 0.15) is 11.6 Å². The highest BCUT2D eigenvalue weighted by molar-refractivity contribution is 9.10. The Labute approximate surface area is 195 Å². The fourth-order valence-corrected chi connectivity index (χ4v) is 5.19. The van der Waals surface area contributed by atoms with E-state index in [0.717, 1.165) is 12.8 Å². The molecule has 0 aliphatic heterocycles. The zero-order valence-corrected chi connectivity index (χ0v) is 20.5. The minimum atomic E-state index is -4.31. The van der Waals surface area contributed by atoms with Crippen molar-refractivity contribution in [1.29, 1.82) is 0 Å². The molecule has 0 fully saturated rings. The number of para-hydroxylation sites is 1. The first-order chi connectivity index (χ1) is 15.2. The van der Waals surface area contributed by atoms with E-state index >= 15 is 0 Å². The number of ether oxygens (including phenoxy) is 1. The Kier molecular flexibility index (Phi) is 7.40. The number of aryl methyl sites for hydroxylation is 1. The van der Waals surface area contributed by atoms with Crippen LogP contribution in [0.15, 0.2) is 67.6 Å². The van der Waals surface area contributed by atoms with Crippen LogP contribution in [0.5, 0.6) is 11.6 Å². The smallest absolute Gasteiger partial charge is 0.277 e. The Bertz CT molecular complexity index is 1270. The van der Waals surface area contributed by atoms with Gasteiger partial charge in [-0.2, -0.15) is 4.98 Å². The summed E-state index contributed by atoms with van der Waals surface area (Å²) in [6, 6.07) is 12.5. The third kappa shape index (κ3) is 4.59. The molecule has 0 bridgehead atoms. The molecule has 0 spiro atoms. The van der Waals surface area contributed by atoms with Gasteiger partial charge in [0.05, 0.1) is 18.0 Å². The van der Waals surface area contributed by atoms with Crippen LogP contribution in [0.3, 0.4) is 0 Å². The number of unbranched alkanes of at least 4 members (excludes halogenated alkanes) is 1. The van der Waals surface area contributed by atoms with Crippen LogP contribution >= 0.6 is 15.9 Å². The average molecular weight is 521 g/mol. The molecule has 0 aliphatic carbocycles. The molecule has 32 heavy (non-hydrogen) atoms. The molecule has 1 N–H and O–H groups in total. The summed E-state index contributed by atoms with van der Waals surface area (Å²) >= 11 is 3.27. The van der Waals surface area contributed by atoms with Gasteiger partial charge in [0.25, 0.3) is 5.56 Å². The molecule has 0 saturated heterocycles. The lowest BCUT2D eigenvalue weighted by Gasteiger charge is -2.22. The van der Waals surface area contributed by atoms with E-state index in [1.165, 1.54) is 23.8 Å². The molecule has 0 amide bonds. The van der Waals surface area contributed by atoms with Crippen molar-refractivity contribution in [1.82, 2.24) is 9.55 Å². The van der Waals surface area contributed by atoms with Crippen molar-refractivity contribution < 1.29 is 18.3 Å². The highest BCUT2D eigenvalue weighted by Crippen LogP contribution is 2.31. The molecule has 0 radical (unpaired) electrons. The van der Waals surface area contributed by atoms with E-state index < -0.39 is 32.2 Å². The van der Waals surface area contributed by atoms with Crippen LogP contribution in [-0.4, -0.2) is 30.2 Å². The lowest BCUT2D eigenvalue weighted by Crippen LogP contribution is -2.33. The summed E-state index contributed by atoms with van der Waals surface area (Å²) in [5, 5.41) is 10.6. The summed E-state index contributed by atoms with van der Waals surface area (Å²) in [7, 11) is -2.77. The van der Waals surface area contributed by atoms with Gasteiger partial charge >= 0.3 is 0 Å². The maximum Gasteiger partial charge on any atom is 0.277 e. The highest BCUT2D eigenvalue weighted by Gasteiger charge is 2.31. The quantitative estimate of drug-likeness (QED) is 0.469. The van der Waals surface area contributed by atoms with E-state index in [-0.39, 0.29) is 4.90 Å². The third-order valence-electron chi connectivity index (χ3n) is 5.25. The van der Waals surface area contributed by atoms with Crippen LogP contribution in [0.1, 0.15) is 44.1 Å². The van der Waals surface area contributed by atoms with Crippen molar-refractivity contribution in [2.45, 2.75) is 48.9 Å². The van der Waals surface area contributed by atoms with Crippen molar-refractivity contribution in [2.75, 3.05) is 7.11 Å². The van der Waals surface area contributed by atoms with E-state index in [1.54, 1.807) is 25.1 Å². The monoisotopic (exact) mass is 520 g/mol. The number of halogens is 1. The molecule has 7 nitrogen and oxygen atoms in total. The second-order valence-corrected chi connectivity index (χ2v) is 10.1. The Morgan fingerprint density at radius 3 is 2.44 bits per heavy atom. The van der Waals surface area contributed by atoms with Crippen LogP contribution in [0.4, 0.5) is 0 Å². The van der Waals surface area contributed by atoms with Crippen molar-refractivity contribution in [3.05, 3.63) is 74.7 Å². The Hall–Kier alpha value is -2.65. The van der Waals surface area contributed by atoms with Crippen LogP contribution in [0.25, 0.3) is 0 Å². The van der Waals surface area contributed by atoms with Gasteiger partial charge in [0.15, 0.2) is 4.90 Å². The van der Waals surface area contributed by atoms with Crippen molar-refractivity contribution in [3.63, 3.8) is 0 Å². The van der Waals surface area contributed by atoms with E-state index in [1.807, 2.05) is 25.1 Å². The second-order valence-electron chi connectivity index (χ2n) is 7.33. The van der Waals surface area contributed by atoms with E-state index in [0.29, 0.717) is 28.0 Å². The van der Waals surface area contributed by atoms with Gasteiger partial charge in [0.2, 0.25) is 15.7 Å². The first kappa shape index (κ1) is 24.0. The number of rotatable bonds is 8. The van der Waals surface area contributed by atoms with Gasteiger partial charge in [-0.15, -0.1) is 0 Å². The fraction of sp³-hybridized carbons (Fsp3) is 0.304. The summed E-state index contributed by atoms with van der Waals surface area (Å²) < 4.78 is 34.1. The second kappa shape index (κ2) is 9.87. The van der Waals surface area contributed by atoms with Gasteiger partial charge in [-0.05, 0) is 43.7 Å². The van der Waals surface area contributed by atoms with Gasteiger partial charge in [-0.3, -0.25) is 9.36 Å². The number of aromatic nitrogens is 2. The average Bonchev–Trinajstić information content (AvgIpc) is 2.77. The minimum absolute atomic E-state index is 0.104. The number of nitrogens with zero attached hydrogens (tertiary/aromatic N) is 2. The van der Waals surface area contributed by atoms with E-state index in [4.69, 9.17) is 4.74 Å². The highest BCUT2D eigenvalue weighted by atomic mass is 79.9. The number of benzene rings is 2. The molecule has 170 valence electrons. The largest absolute Gasteiger partial charge is 0.496 e. The molecule has 3 aromatic rings. The molecule has 9 heteroatoms. The minimum Gasteiger partial charge on any atom is -0.496 e. The Morgan fingerprint density at radius 1 is 1.16 bits per heavy atom. The van der Waals surface area contributed by atoms with Crippen LogP contribution in [0.2, 0.25) is 0 Å². The van der Waals surface area contributed by atoms with Crippen LogP contribution in [-0.2, 0) is 16.3 Å². The van der Waals surface area contributed by atoms with Crippen LogP contribution in [0, 0.1) is 0 Å². The Balaban J connectivity index is 2.28. The predicted molar refractivity (Wildman–Crippen MR) is 125 cm³/mol.